The Labute approximate surface area is 137 Å². The molecule has 2 aliphatic rings. The van der Waals surface area contributed by atoms with Crippen LogP contribution in [-0.4, -0.2) is 54.8 Å². The lowest BCUT2D eigenvalue weighted by Gasteiger charge is -2.32. The monoisotopic (exact) mass is 315 g/mol. The standard InChI is InChI=1S/C18H25N3O2/c1-13(14-6-4-3-5-7-14)19-17(22)15-12-16(15)18(23)21-10-8-20(2)9-11-21/h3-7,13,15-16H,8-12H2,1-2H3,(H,19,22). The summed E-state index contributed by atoms with van der Waals surface area (Å²) in [6.45, 7) is 5.37. The minimum absolute atomic E-state index is 0.00818. The van der Waals surface area contributed by atoms with E-state index >= 15 is 0 Å². The molecule has 3 unspecified atom stereocenters. The third-order valence-corrected chi connectivity index (χ3v) is 4.92. The van der Waals surface area contributed by atoms with Crippen LogP contribution in [0.25, 0.3) is 0 Å². The summed E-state index contributed by atoms with van der Waals surface area (Å²) in [6.07, 6.45) is 0.693. The van der Waals surface area contributed by atoms with E-state index in [9.17, 15) is 9.59 Å². The van der Waals surface area contributed by atoms with Crippen LogP contribution in [0.4, 0.5) is 0 Å². The van der Waals surface area contributed by atoms with Gasteiger partial charge in [-0.15, -0.1) is 0 Å². The van der Waals surface area contributed by atoms with Crippen molar-refractivity contribution in [3.05, 3.63) is 35.9 Å². The highest BCUT2D eigenvalue weighted by Crippen LogP contribution is 2.40. The molecule has 3 atom stereocenters. The SMILES string of the molecule is CC(NC(=O)C1CC1C(=O)N1CCN(C)CC1)c1ccccc1. The zero-order valence-corrected chi connectivity index (χ0v) is 13.9. The first-order valence-electron chi connectivity index (χ1n) is 8.39. The van der Waals surface area contributed by atoms with Gasteiger partial charge in [0.15, 0.2) is 0 Å². The van der Waals surface area contributed by atoms with Gasteiger partial charge in [-0.05, 0) is 26.0 Å². The topological polar surface area (TPSA) is 52.7 Å². The van der Waals surface area contributed by atoms with Crippen LogP contribution in [0, 0.1) is 11.8 Å². The van der Waals surface area contributed by atoms with Crippen molar-refractivity contribution < 1.29 is 9.59 Å². The summed E-state index contributed by atoms with van der Waals surface area (Å²) < 4.78 is 0. The molecule has 124 valence electrons. The number of piperazine rings is 1. The molecule has 3 rings (SSSR count). The molecule has 0 bridgehead atoms. The normalized spacial score (nSPS) is 25.7. The number of rotatable bonds is 4. The number of carbonyl (C=O) groups is 2. The molecule has 23 heavy (non-hydrogen) atoms. The smallest absolute Gasteiger partial charge is 0.226 e. The molecule has 2 amide bonds. The van der Waals surface area contributed by atoms with Crippen molar-refractivity contribution in [2.45, 2.75) is 19.4 Å². The van der Waals surface area contributed by atoms with Gasteiger partial charge in [-0.1, -0.05) is 30.3 Å². The van der Waals surface area contributed by atoms with E-state index in [2.05, 4.69) is 17.3 Å². The number of hydrogen-bond acceptors (Lipinski definition) is 3. The number of hydrogen-bond donors (Lipinski definition) is 1. The summed E-state index contributed by atoms with van der Waals surface area (Å²) in [5, 5.41) is 3.04. The Balaban J connectivity index is 1.50. The van der Waals surface area contributed by atoms with E-state index in [1.54, 1.807) is 0 Å². The second kappa shape index (κ2) is 6.71. The summed E-state index contributed by atoms with van der Waals surface area (Å²) in [5.41, 5.74) is 1.09. The average Bonchev–Trinajstić information content (AvgIpc) is 3.36. The molecule has 0 radical (unpaired) electrons. The van der Waals surface area contributed by atoms with Gasteiger partial charge in [0.1, 0.15) is 0 Å². The molecule has 1 saturated carbocycles. The Morgan fingerprint density at radius 2 is 1.74 bits per heavy atom. The van der Waals surface area contributed by atoms with E-state index in [0.29, 0.717) is 6.42 Å². The van der Waals surface area contributed by atoms with Crippen LogP contribution >= 0.6 is 0 Å². The van der Waals surface area contributed by atoms with E-state index in [1.165, 1.54) is 0 Å². The van der Waals surface area contributed by atoms with Gasteiger partial charge in [-0.2, -0.15) is 0 Å². The third kappa shape index (κ3) is 3.72. The van der Waals surface area contributed by atoms with E-state index < -0.39 is 0 Å². The van der Waals surface area contributed by atoms with Gasteiger partial charge < -0.3 is 15.1 Å². The largest absolute Gasteiger partial charge is 0.349 e. The van der Waals surface area contributed by atoms with E-state index in [1.807, 2.05) is 42.2 Å². The number of nitrogens with zero attached hydrogens (tertiary/aromatic N) is 2. The van der Waals surface area contributed by atoms with Gasteiger partial charge in [0.05, 0.1) is 17.9 Å². The van der Waals surface area contributed by atoms with Crippen molar-refractivity contribution in [3.63, 3.8) is 0 Å². The fourth-order valence-electron chi connectivity index (χ4n) is 3.16. The molecular formula is C18H25N3O2. The average molecular weight is 315 g/mol. The highest BCUT2D eigenvalue weighted by atomic mass is 16.2. The third-order valence-electron chi connectivity index (χ3n) is 4.92. The van der Waals surface area contributed by atoms with Crippen LogP contribution in [0.15, 0.2) is 30.3 Å². The maximum atomic E-state index is 12.5. The second-order valence-corrected chi connectivity index (χ2v) is 6.72. The van der Waals surface area contributed by atoms with Crippen LogP contribution in [-0.2, 0) is 9.59 Å². The maximum Gasteiger partial charge on any atom is 0.226 e. The highest BCUT2D eigenvalue weighted by molar-refractivity contribution is 5.92. The zero-order chi connectivity index (χ0) is 16.4. The van der Waals surface area contributed by atoms with Gasteiger partial charge in [0.25, 0.3) is 0 Å². The van der Waals surface area contributed by atoms with E-state index in [0.717, 1.165) is 31.7 Å². The van der Waals surface area contributed by atoms with Crippen LogP contribution < -0.4 is 5.32 Å². The van der Waals surface area contributed by atoms with Crippen molar-refractivity contribution in [3.8, 4) is 0 Å². The lowest BCUT2D eigenvalue weighted by molar-refractivity contribution is -0.136. The summed E-state index contributed by atoms with van der Waals surface area (Å²) >= 11 is 0. The lowest BCUT2D eigenvalue weighted by Crippen LogP contribution is -2.48. The van der Waals surface area contributed by atoms with Crippen LogP contribution in [0.1, 0.15) is 24.9 Å². The molecule has 5 nitrogen and oxygen atoms in total. The van der Waals surface area contributed by atoms with Crippen molar-refractivity contribution >= 4 is 11.8 Å². The Bertz CT molecular complexity index is 567. The fourth-order valence-corrected chi connectivity index (χ4v) is 3.16. The first kappa shape index (κ1) is 16.0. The first-order valence-corrected chi connectivity index (χ1v) is 8.39. The number of benzene rings is 1. The van der Waals surface area contributed by atoms with Crippen LogP contribution in [0.5, 0.6) is 0 Å². The summed E-state index contributed by atoms with van der Waals surface area (Å²) in [6, 6.07) is 9.88. The Kier molecular flexibility index (Phi) is 4.66. The first-order chi connectivity index (χ1) is 11.1. The number of likely N-dealkylation sites (N-methyl/N-ethyl adjacent to an activating group) is 1. The maximum absolute atomic E-state index is 12.5. The van der Waals surface area contributed by atoms with Gasteiger partial charge in [0, 0.05) is 26.2 Å². The van der Waals surface area contributed by atoms with Gasteiger partial charge >= 0.3 is 0 Å². The molecule has 1 N–H and O–H groups in total. The van der Waals surface area contributed by atoms with Crippen molar-refractivity contribution in [2.24, 2.45) is 11.8 Å². The van der Waals surface area contributed by atoms with Gasteiger partial charge in [-0.3, -0.25) is 9.59 Å². The summed E-state index contributed by atoms with van der Waals surface area (Å²) in [7, 11) is 2.07. The molecule has 0 aromatic heterocycles. The number of amides is 2. The minimum atomic E-state index is -0.145. The predicted molar refractivity (Wildman–Crippen MR) is 88.7 cm³/mol. The van der Waals surface area contributed by atoms with Gasteiger partial charge in [0.2, 0.25) is 11.8 Å². The number of carbonyl (C=O) groups excluding carboxylic acids is 2. The molecule has 1 saturated heterocycles. The molecule has 1 aromatic carbocycles. The molecule has 5 heteroatoms. The molecule has 2 fully saturated rings. The quantitative estimate of drug-likeness (QED) is 0.910. The molecule has 0 spiro atoms. The van der Waals surface area contributed by atoms with Crippen molar-refractivity contribution in [1.82, 2.24) is 15.1 Å². The van der Waals surface area contributed by atoms with Crippen molar-refractivity contribution in [1.29, 1.82) is 0 Å². The van der Waals surface area contributed by atoms with Crippen LogP contribution in [0.2, 0.25) is 0 Å². The Morgan fingerprint density at radius 1 is 1.09 bits per heavy atom. The predicted octanol–water partition coefficient (Wildman–Crippen LogP) is 1.27. The summed E-state index contributed by atoms with van der Waals surface area (Å²) in [5.74, 6) is -0.0888. The molecule has 1 aromatic rings. The van der Waals surface area contributed by atoms with Crippen molar-refractivity contribution in [2.75, 3.05) is 33.2 Å². The van der Waals surface area contributed by atoms with Crippen LogP contribution in [0.3, 0.4) is 0 Å². The summed E-state index contributed by atoms with van der Waals surface area (Å²) in [4.78, 5) is 29.0. The molecular weight excluding hydrogens is 290 g/mol. The Hall–Kier alpha value is -1.88. The molecule has 1 heterocycles. The molecule has 1 aliphatic heterocycles. The minimum Gasteiger partial charge on any atom is -0.349 e. The van der Waals surface area contributed by atoms with Gasteiger partial charge in [-0.25, -0.2) is 0 Å². The second-order valence-electron chi connectivity index (χ2n) is 6.72. The van der Waals surface area contributed by atoms with E-state index in [4.69, 9.17) is 0 Å². The number of nitrogens with one attached hydrogen (secondary N) is 1. The molecule has 1 aliphatic carbocycles. The fraction of sp³-hybridized carbons (Fsp3) is 0.556. The lowest BCUT2D eigenvalue weighted by atomic mass is 10.1. The zero-order valence-electron chi connectivity index (χ0n) is 13.9. The Morgan fingerprint density at radius 3 is 2.39 bits per heavy atom. The van der Waals surface area contributed by atoms with E-state index in [-0.39, 0.29) is 29.7 Å². The highest BCUT2D eigenvalue weighted by Gasteiger charge is 2.49.